The molecular formula is C24H16ClF3N4O2. The fraction of sp³-hybridized carbons (Fsp3) is 0.0833. The number of aromatic nitrogens is 3. The number of benzene rings is 2. The molecule has 0 aliphatic rings. The highest BCUT2D eigenvalue weighted by atomic mass is 35.5. The zero-order valence-electron chi connectivity index (χ0n) is 17.6. The third-order valence-corrected chi connectivity index (χ3v) is 5.16. The molecule has 0 spiro atoms. The van der Waals surface area contributed by atoms with E-state index in [9.17, 15) is 18.0 Å². The van der Waals surface area contributed by atoms with Gasteiger partial charge in [0, 0.05) is 18.0 Å². The second-order valence-corrected chi connectivity index (χ2v) is 7.59. The van der Waals surface area contributed by atoms with Gasteiger partial charge < -0.3 is 10.1 Å². The van der Waals surface area contributed by atoms with Crippen LogP contribution in [0.3, 0.4) is 0 Å². The lowest BCUT2D eigenvalue weighted by atomic mass is 10.1. The number of alkyl halides is 3. The van der Waals surface area contributed by atoms with E-state index in [1.165, 1.54) is 18.5 Å². The van der Waals surface area contributed by atoms with Crippen LogP contribution in [-0.4, -0.2) is 20.9 Å². The highest BCUT2D eigenvalue weighted by Crippen LogP contribution is 2.35. The highest BCUT2D eigenvalue weighted by molar-refractivity contribution is 6.34. The molecule has 0 aliphatic carbocycles. The van der Waals surface area contributed by atoms with Crippen LogP contribution in [0, 0.1) is 6.92 Å². The summed E-state index contributed by atoms with van der Waals surface area (Å²) in [6.45, 7) is 1.79. The molecule has 0 radical (unpaired) electrons. The van der Waals surface area contributed by atoms with Crippen molar-refractivity contribution in [1.29, 1.82) is 0 Å². The molecule has 0 atom stereocenters. The molecule has 0 saturated heterocycles. The summed E-state index contributed by atoms with van der Waals surface area (Å²) in [5.74, 6) is -0.0392. The van der Waals surface area contributed by atoms with Gasteiger partial charge in [-0.15, -0.1) is 0 Å². The van der Waals surface area contributed by atoms with Crippen LogP contribution in [0.15, 0.2) is 73.3 Å². The third kappa shape index (κ3) is 5.15. The maximum absolute atomic E-state index is 13.0. The molecule has 1 N–H and O–H groups in total. The molecule has 6 nitrogen and oxygen atoms in total. The number of carbonyl (C=O) groups excluding carboxylic acids is 1. The summed E-state index contributed by atoms with van der Waals surface area (Å²) in [4.78, 5) is 25.2. The molecule has 2 aromatic heterocycles. The van der Waals surface area contributed by atoms with E-state index >= 15 is 0 Å². The van der Waals surface area contributed by atoms with Crippen LogP contribution in [-0.2, 0) is 6.18 Å². The fourth-order valence-corrected chi connectivity index (χ4v) is 3.23. The number of ether oxygens (including phenoxy) is 1. The maximum atomic E-state index is 13.0. The number of halogens is 4. The van der Waals surface area contributed by atoms with E-state index in [2.05, 4.69) is 20.3 Å². The van der Waals surface area contributed by atoms with E-state index in [0.717, 1.165) is 18.2 Å². The fourth-order valence-electron chi connectivity index (χ4n) is 3.06. The van der Waals surface area contributed by atoms with Crippen molar-refractivity contribution in [2.24, 2.45) is 0 Å². The van der Waals surface area contributed by atoms with Gasteiger partial charge in [0.05, 0.1) is 27.5 Å². The molecule has 4 aromatic rings. The summed E-state index contributed by atoms with van der Waals surface area (Å²) in [5, 5.41) is 2.41. The SMILES string of the molecule is Cc1ccc(C(=O)Nc2cc(C(F)(F)F)ccc2Cl)cc1Oc1ncccc1-c1ccncn1. The predicted octanol–water partition coefficient (Wildman–Crippen LogP) is 6.56. The molecule has 4 rings (SSSR count). The summed E-state index contributed by atoms with van der Waals surface area (Å²) in [6, 6.07) is 12.6. The molecule has 10 heteroatoms. The van der Waals surface area contributed by atoms with Crippen molar-refractivity contribution >= 4 is 23.2 Å². The van der Waals surface area contributed by atoms with Gasteiger partial charge >= 0.3 is 6.18 Å². The molecule has 172 valence electrons. The van der Waals surface area contributed by atoms with Gasteiger partial charge in [-0.2, -0.15) is 13.2 Å². The average molecular weight is 485 g/mol. The van der Waals surface area contributed by atoms with Crippen LogP contribution in [0.1, 0.15) is 21.5 Å². The first-order valence-electron chi connectivity index (χ1n) is 9.90. The van der Waals surface area contributed by atoms with Crippen LogP contribution >= 0.6 is 11.6 Å². The second kappa shape index (κ2) is 9.48. The van der Waals surface area contributed by atoms with Gasteiger partial charge in [0.15, 0.2) is 0 Å². The van der Waals surface area contributed by atoms with Crippen molar-refractivity contribution in [1.82, 2.24) is 15.0 Å². The van der Waals surface area contributed by atoms with Gasteiger partial charge in [-0.3, -0.25) is 4.79 Å². The van der Waals surface area contributed by atoms with Crippen LogP contribution in [0.2, 0.25) is 5.02 Å². The Morgan fingerprint density at radius 1 is 1.03 bits per heavy atom. The van der Waals surface area contributed by atoms with Crippen LogP contribution in [0.4, 0.5) is 18.9 Å². The van der Waals surface area contributed by atoms with Gasteiger partial charge in [0.25, 0.3) is 5.91 Å². The summed E-state index contributed by atoms with van der Waals surface area (Å²) >= 11 is 5.99. The summed E-state index contributed by atoms with van der Waals surface area (Å²) in [7, 11) is 0. The maximum Gasteiger partial charge on any atom is 0.416 e. The normalized spacial score (nSPS) is 11.2. The average Bonchev–Trinajstić information content (AvgIpc) is 2.82. The zero-order chi connectivity index (χ0) is 24.3. The number of hydrogen-bond acceptors (Lipinski definition) is 5. The van der Waals surface area contributed by atoms with E-state index in [-0.39, 0.29) is 22.2 Å². The van der Waals surface area contributed by atoms with Gasteiger partial charge in [-0.25, -0.2) is 15.0 Å². The van der Waals surface area contributed by atoms with Crippen molar-refractivity contribution in [2.75, 3.05) is 5.32 Å². The number of nitrogens with zero attached hydrogens (tertiary/aromatic N) is 3. The van der Waals surface area contributed by atoms with Gasteiger partial charge in [-0.1, -0.05) is 17.7 Å². The monoisotopic (exact) mass is 484 g/mol. The number of pyridine rings is 1. The lowest BCUT2D eigenvalue weighted by Gasteiger charge is -2.14. The molecule has 0 fully saturated rings. The largest absolute Gasteiger partial charge is 0.438 e. The van der Waals surface area contributed by atoms with Crippen LogP contribution < -0.4 is 10.1 Å². The van der Waals surface area contributed by atoms with Crippen molar-refractivity contribution < 1.29 is 22.7 Å². The van der Waals surface area contributed by atoms with E-state index in [4.69, 9.17) is 16.3 Å². The van der Waals surface area contributed by atoms with Crippen molar-refractivity contribution in [2.45, 2.75) is 13.1 Å². The minimum absolute atomic E-state index is 0.0205. The molecule has 0 bridgehead atoms. The van der Waals surface area contributed by atoms with E-state index < -0.39 is 17.6 Å². The lowest BCUT2D eigenvalue weighted by molar-refractivity contribution is -0.137. The quantitative estimate of drug-likeness (QED) is 0.347. The Balaban J connectivity index is 1.61. The van der Waals surface area contributed by atoms with Crippen molar-refractivity contribution in [3.8, 4) is 22.9 Å². The Morgan fingerprint density at radius 2 is 1.85 bits per heavy atom. The Kier molecular flexibility index (Phi) is 6.47. The first kappa shape index (κ1) is 23.2. The van der Waals surface area contributed by atoms with Crippen LogP contribution in [0.5, 0.6) is 11.6 Å². The van der Waals surface area contributed by atoms with E-state index in [1.54, 1.807) is 43.6 Å². The molecule has 2 heterocycles. The predicted molar refractivity (Wildman–Crippen MR) is 121 cm³/mol. The topological polar surface area (TPSA) is 77.0 Å². The zero-order valence-corrected chi connectivity index (χ0v) is 18.4. The molecule has 0 saturated carbocycles. The highest BCUT2D eigenvalue weighted by Gasteiger charge is 2.31. The van der Waals surface area contributed by atoms with Crippen molar-refractivity contribution in [3.05, 3.63) is 95.0 Å². The standard InChI is InChI=1S/C24H16ClF3N4O2/c1-14-4-5-15(22(33)32-20-12-16(24(26,27)28)6-7-18(20)25)11-21(14)34-23-17(3-2-9-30-23)19-8-10-29-13-31-19/h2-13H,1H3,(H,32,33). The third-order valence-electron chi connectivity index (χ3n) is 4.83. The molecule has 2 aromatic carbocycles. The Hall–Kier alpha value is -3.98. The number of aryl methyl sites for hydroxylation is 1. The Bertz CT molecular complexity index is 1350. The minimum Gasteiger partial charge on any atom is -0.438 e. The molecule has 34 heavy (non-hydrogen) atoms. The van der Waals surface area contributed by atoms with Crippen LogP contribution in [0.25, 0.3) is 11.3 Å². The molecule has 0 unspecified atom stereocenters. The van der Waals surface area contributed by atoms with Crippen molar-refractivity contribution in [3.63, 3.8) is 0 Å². The van der Waals surface area contributed by atoms with Gasteiger partial charge in [0.2, 0.25) is 5.88 Å². The summed E-state index contributed by atoms with van der Waals surface area (Å²) in [6.07, 6.45) is -0.0178. The van der Waals surface area contributed by atoms with E-state index in [0.29, 0.717) is 22.6 Å². The van der Waals surface area contributed by atoms with Gasteiger partial charge in [-0.05, 0) is 61.0 Å². The van der Waals surface area contributed by atoms with Gasteiger partial charge in [0.1, 0.15) is 12.1 Å². The number of nitrogens with one attached hydrogen (secondary N) is 1. The first-order valence-corrected chi connectivity index (χ1v) is 10.3. The minimum atomic E-state index is -4.57. The molecular weight excluding hydrogens is 469 g/mol. The Labute approximate surface area is 197 Å². The Morgan fingerprint density at radius 3 is 2.59 bits per heavy atom. The number of carbonyl (C=O) groups is 1. The number of amides is 1. The molecule has 1 amide bonds. The number of rotatable bonds is 5. The summed E-state index contributed by atoms with van der Waals surface area (Å²) < 4.78 is 45.1. The number of anilines is 1. The van der Waals surface area contributed by atoms with E-state index in [1.807, 2.05) is 0 Å². The second-order valence-electron chi connectivity index (χ2n) is 7.18. The first-order chi connectivity index (χ1) is 16.2. The number of hydrogen-bond donors (Lipinski definition) is 1. The summed E-state index contributed by atoms with van der Waals surface area (Å²) in [5.41, 5.74) is 1.02. The smallest absolute Gasteiger partial charge is 0.416 e. The molecule has 0 aliphatic heterocycles. The lowest BCUT2D eigenvalue weighted by Crippen LogP contribution is -2.14.